The molecule has 0 radical (unpaired) electrons. The first-order valence-corrected chi connectivity index (χ1v) is 19.9. The van der Waals surface area contributed by atoms with Gasteiger partial charge < -0.3 is 18.9 Å². The Kier molecular flexibility index (Phi) is 10.4. The van der Waals surface area contributed by atoms with Gasteiger partial charge in [0, 0.05) is 44.3 Å². The van der Waals surface area contributed by atoms with E-state index in [0.29, 0.717) is 11.5 Å². The summed E-state index contributed by atoms with van der Waals surface area (Å²) in [5.74, 6) is 1.89. The van der Waals surface area contributed by atoms with Gasteiger partial charge in [-0.2, -0.15) is 6.07 Å². The number of imidazole rings is 1. The summed E-state index contributed by atoms with van der Waals surface area (Å²) in [5.41, 5.74) is 10.8. The van der Waals surface area contributed by atoms with E-state index < -0.39 is 0 Å². The Morgan fingerprint density at radius 2 is 1.24 bits per heavy atom. The third-order valence-corrected chi connectivity index (χ3v) is 10.9. The molecule has 0 aliphatic heterocycles. The van der Waals surface area contributed by atoms with Crippen molar-refractivity contribution in [1.82, 2.24) is 19.1 Å². The second kappa shape index (κ2) is 14.6. The van der Waals surface area contributed by atoms with Crippen LogP contribution in [0.3, 0.4) is 0 Å². The van der Waals surface area contributed by atoms with Gasteiger partial charge in [0.2, 0.25) is 0 Å². The van der Waals surface area contributed by atoms with E-state index in [2.05, 4.69) is 195 Å². The number of hydrogen-bond acceptors (Lipinski definition) is 3. The second-order valence-electron chi connectivity index (χ2n) is 19.5. The first kappa shape index (κ1) is 41.1. The largest absolute Gasteiger partial charge is 0.508 e. The first-order chi connectivity index (χ1) is 26.8. The van der Waals surface area contributed by atoms with Crippen molar-refractivity contribution < 1.29 is 30.4 Å². The fourth-order valence-electron chi connectivity index (χ4n) is 7.38. The third kappa shape index (κ3) is 7.76. The summed E-state index contributed by atoms with van der Waals surface area (Å²) < 4.78 is 12.9. The van der Waals surface area contributed by atoms with Crippen molar-refractivity contribution in [2.75, 3.05) is 0 Å². The van der Waals surface area contributed by atoms with Crippen molar-refractivity contribution in [3.05, 3.63) is 144 Å². The van der Waals surface area contributed by atoms with Gasteiger partial charge in [0.25, 0.3) is 6.33 Å². The fraction of sp³-hybridized carbons (Fsp3) is 0.314. The van der Waals surface area contributed by atoms with Crippen molar-refractivity contribution in [3.8, 4) is 28.7 Å². The van der Waals surface area contributed by atoms with Gasteiger partial charge in [-0.1, -0.05) is 137 Å². The zero-order chi connectivity index (χ0) is 40.7. The monoisotopic (exact) mass is 946 g/mol. The number of pyridine rings is 2. The molecule has 0 aliphatic carbocycles. The molecule has 300 valence electrons. The third-order valence-electron chi connectivity index (χ3n) is 10.9. The molecule has 4 aromatic carbocycles. The maximum atomic E-state index is 6.56. The van der Waals surface area contributed by atoms with Gasteiger partial charge in [-0.15, -0.1) is 23.6 Å². The molecule has 4 heterocycles. The topological polar surface area (TPSA) is 48.8 Å². The minimum Gasteiger partial charge on any atom is -0.508 e. The molecular formula is C51H53N5OPt-2. The van der Waals surface area contributed by atoms with Crippen molar-refractivity contribution in [3.63, 3.8) is 0 Å². The van der Waals surface area contributed by atoms with E-state index in [1.54, 1.807) is 12.4 Å². The molecule has 7 heteroatoms. The Morgan fingerprint density at radius 3 is 1.91 bits per heavy atom. The maximum Gasteiger partial charge on any atom is 0.268 e. The summed E-state index contributed by atoms with van der Waals surface area (Å²) in [6, 6.07) is 37.6. The number of aromatic nitrogens is 5. The normalized spacial score (nSPS) is 12.7. The minimum atomic E-state index is -0.0325. The van der Waals surface area contributed by atoms with E-state index in [-0.39, 0.29) is 42.7 Å². The molecule has 0 saturated heterocycles. The SMILES string of the molecule is CC(C)(C)c1cc(-[n+]2[c-]n(-c3[c-]c(Oc4[c-]c5c(cc4)c4cc(C(C)(C)C)ccc4n5-c4cc(C(C)(C)C)ccn4)cnc3)c3ccccc32)cc(C(C)(C)C)c1.[Pt]. The maximum absolute atomic E-state index is 6.56. The van der Waals surface area contributed by atoms with Crippen LogP contribution < -0.4 is 9.30 Å². The smallest absolute Gasteiger partial charge is 0.268 e. The van der Waals surface area contributed by atoms with Crippen LogP contribution in [0.5, 0.6) is 11.5 Å². The molecule has 0 N–H and O–H groups in total. The Hall–Kier alpha value is -5.06. The van der Waals surface area contributed by atoms with Crippen LogP contribution in [-0.4, -0.2) is 19.1 Å². The number of rotatable bonds is 5. The van der Waals surface area contributed by atoms with Crippen LogP contribution >= 0.6 is 0 Å². The molecule has 0 aliphatic rings. The molecule has 8 rings (SSSR count). The van der Waals surface area contributed by atoms with Crippen LogP contribution in [0.15, 0.2) is 104 Å². The summed E-state index contributed by atoms with van der Waals surface area (Å²) in [6.07, 6.45) is 9.06. The molecule has 0 atom stereocenters. The second-order valence-corrected chi connectivity index (χ2v) is 19.5. The molecule has 0 saturated carbocycles. The first-order valence-electron chi connectivity index (χ1n) is 19.9. The minimum absolute atomic E-state index is 0. The van der Waals surface area contributed by atoms with Crippen molar-refractivity contribution in [1.29, 1.82) is 0 Å². The Labute approximate surface area is 358 Å². The molecule has 4 aromatic heterocycles. The van der Waals surface area contributed by atoms with Gasteiger partial charge in [0.1, 0.15) is 5.82 Å². The Bertz CT molecular complexity index is 2780. The standard InChI is InChI=1S/C51H53N5O.Pt/c1-48(2,3)33-17-20-43-42(26-33)41-19-18-39(29-46(41)56(43)47-27-34(21-22-53-47)49(4,5)6)57-40-28-38(30-52-31-40)55-32-54(44-15-13-14-16-45(44)55)37-24-35(50(7,8)9)23-36(25-37)51(10,11)12;/h13-27,30-31H,1-12H3;/q-2;. The summed E-state index contributed by atoms with van der Waals surface area (Å²) in [6.45, 7) is 27.0. The van der Waals surface area contributed by atoms with E-state index >= 15 is 0 Å². The number of nitrogens with zero attached hydrogens (tertiary/aromatic N) is 5. The predicted octanol–water partition coefficient (Wildman–Crippen LogP) is 12.2. The average molecular weight is 947 g/mol. The van der Waals surface area contributed by atoms with Gasteiger partial charge in [-0.05, 0) is 91.5 Å². The van der Waals surface area contributed by atoms with Crippen molar-refractivity contribution in [2.45, 2.75) is 105 Å². The van der Waals surface area contributed by atoms with E-state index in [4.69, 9.17) is 9.72 Å². The molecule has 6 nitrogen and oxygen atoms in total. The Balaban J connectivity index is 0.00000512. The summed E-state index contributed by atoms with van der Waals surface area (Å²) in [7, 11) is 0. The number of ether oxygens (including phenoxy) is 1. The Morgan fingerprint density at radius 1 is 0.586 bits per heavy atom. The van der Waals surface area contributed by atoms with E-state index in [9.17, 15) is 0 Å². The van der Waals surface area contributed by atoms with Gasteiger partial charge in [-0.25, -0.2) is 4.98 Å². The van der Waals surface area contributed by atoms with Crippen LogP contribution in [0, 0.1) is 18.5 Å². The quantitative estimate of drug-likeness (QED) is 0.128. The van der Waals surface area contributed by atoms with Crippen LogP contribution in [0.2, 0.25) is 0 Å². The molecule has 0 fully saturated rings. The number of benzene rings is 4. The molecule has 0 unspecified atom stereocenters. The summed E-state index contributed by atoms with van der Waals surface area (Å²) in [5, 5.41) is 2.25. The van der Waals surface area contributed by atoms with Crippen molar-refractivity contribution in [2.24, 2.45) is 0 Å². The van der Waals surface area contributed by atoms with Gasteiger partial charge in [0.05, 0.1) is 16.7 Å². The predicted molar refractivity (Wildman–Crippen MR) is 233 cm³/mol. The molecule has 0 bridgehead atoms. The zero-order valence-electron chi connectivity index (χ0n) is 35.8. The van der Waals surface area contributed by atoms with E-state index in [1.165, 1.54) is 22.3 Å². The van der Waals surface area contributed by atoms with E-state index in [1.807, 2.05) is 16.8 Å². The van der Waals surface area contributed by atoms with E-state index in [0.717, 1.165) is 50.0 Å². The molecule has 8 aromatic rings. The van der Waals surface area contributed by atoms with Crippen LogP contribution in [0.4, 0.5) is 0 Å². The number of para-hydroxylation sites is 2. The molecule has 0 amide bonds. The number of hydrogen-bond donors (Lipinski definition) is 0. The fourth-order valence-corrected chi connectivity index (χ4v) is 7.38. The number of fused-ring (bicyclic) bond motifs is 4. The summed E-state index contributed by atoms with van der Waals surface area (Å²) in [4.78, 5) is 9.52. The summed E-state index contributed by atoms with van der Waals surface area (Å²) >= 11 is 0. The molecular weight excluding hydrogens is 894 g/mol. The molecule has 58 heavy (non-hydrogen) atoms. The van der Waals surface area contributed by atoms with Crippen LogP contribution in [0.25, 0.3) is 50.0 Å². The van der Waals surface area contributed by atoms with Gasteiger partial charge in [-0.3, -0.25) is 4.57 Å². The van der Waals surface area contributed by atoms with Gasteiger partial charge in [0.15, 0.2) is 0 Å². The van der Waals surface area contributed by atoms with Crippen LogP contribution in [-0.2, 0) is 42.7 Å². The zero-order valence-corrected chi connectivity index (χ0v) is 38.0. The van der Waals surface area contributed by atoms with Crippen molar-refractivity contribution >= 4 is 32.8 Å². The van der Waals surface area contributed by atoms with Crippen LogP contribution in [0.1, 0.15) is 105 Å². The molecule has 0 spiro atoms. The van der Waals surface area contributed by atoms with Gasteiger partial charge >= 0.3 is 0 Å². The average Bonchev–Trinajstić information content (AvgIpc) is 3.69.